The fourth-order valence-corrected chi connectivity index (χ4v) is 2.87. The maximum Gasteiger partial charge on any atom is 0.252 e. The summed E-state index contributed by atoms with van der Waals surface area (Å²) in [4.78, 5) is 12.5. The van der Waals surface area contributed by atoms with Gasteiger partial charge in [0.05, 0.1) is 11.9 Å². The highest BCUT2D eigenvalue weighted by molar-refractivity contribution is 5.85. The number of carbonyl (C=O) groups excluding carboxylic acids is 1. The molecule has 2 aromatic rings. The first-order valence-electron chi connectivity index (χ1n) is 7.87. The monoisotopic (exact) mass is 350 g/mol. The van der Waals surface area contributed by atoms with Gasteiger partial charge in [-0.25, -0.2) is 4.68 Å². The summed E-state index contributed by atoms with van der Waals surface area (Å²) < 4.78 is 7.33. The molecule has 0 unspecified atom stereocenters. The van der Waals surface area contributed by atoms with Crippen LogP contribution in [0.3, 0.4) is 0 Å². The largest absolute Gasteiger partial charge is 0.368 e. The molecule has 1 aliphatic heterocycles. The summed E-state index contributed by atoms with van der Waals surface area (Å²) >= 11 is 0. The number of carbonyl (C=O) groups is 1. The van der Waals surface area contributed by atoms with E-state index in [2.05, 4.69) is 15.7 Å². The van der Waals surface area contributed by atoms with Gasteiger partial charge in [-0.3, -0.25) is 4.79 Å². The number of rotatable bonds is 5. The molecule has 1 amide bonds. The maximum absolute atomic E-state index is 12.5. The van der Waals surface area contributed by atoms with E-state index in [1.165, 1.54) is 0 Å². The lowest BCUT2D eigenvalue weighted by Crippen LogP contribution is -2.53. The number of aromatic nitrogens is 2. The van der Waals surface area contributed by atoms with Crippen molar-refractivity contribution in [1.82, 2.24) is 20.4 Å². The van der Waals surface area contributed by atoms with Crippen LogP contribution in [0.2, 0.25) is 0 Å². The molecule has 1 aliphatic rings. The highest BCUT2D eigenvalue weighted by Crippen LogP contribution is 2.22. The minimum Gasteiger partial charge on any atom is -0.368 e. The first-order valence-corrected chi connectivity index (χ1v) is 7.87. The Labute approximate surface area is 148 Å². The number of nitrogens with zero attached hydrogens (tertiary/aromatic N) is 2. The Bertz CT molecular complexity index is 654. The molecule has 0 saturated carbocycles. The second kappa shape index (κ2) is 8.28. The molecule has 0 bridgehead atoms. The van der Waals surface area contributed by atoms with Crippen LogP contribution in [0.25, 0.3) is 5.69 Å². The number of piperidine rings is 1. The van der Waals surface area contributed by atoms with Gasteiger partial charge in [-0.15, -0.1) is 12.4 Å². The SMILES string of the molecule is COC1(C(=O)NCc2cnn(-c3ccccc3)c2)CCNCC1.Cl. The molecule has 0 aliphatic carbocycles. The molecule has 130 valence electrons. The van der Waals surface area contributed by atoms with E-state index in [9.17, 15) is 4.79 Å². The predicted octanol–water partition coefficient (Wildman–Crippen LogP) is 1.68. The third-order valence-electron chi connectivity index (χ3n) is 4.33. The summed E-state index contributed by atoms with van der Waals surface area (Å²) in [7, 11) is 1.61. The molecule has 2 N–H and O–H groups in total. The van der Waals surface area contributed by atoms with E-state index in [0.717, 1.165) is 24.3 Å². The van der Waals surface area contributed by atoms with Crippen molar-refractivity contribution in [2.75, 3.05) is 20.2 Å². The van der Waals surface area contributed by atoms with E-state index in [4.69, 9.17) is 4.74 Å². The van der Waals surface area contributed by atoms with Crippen molar-refractivity contribution < 1.29 is 9.53 Å². The quantitative estimate of drug-likeness (QED) is 0.861. The van der Waals surface area contributed by atoms with E-state index in [0.29, 0.717) is 19.4 Å². The number of amides is 1. The van der Waals surface area contributed by atoms with Crippen molar-refractivity contribution in [3.8, 4) is 5.69 Å². The summed E-state index contributed by atoms with van der Waals surface area (Å²) in [6, 6.07) is 9.89. The van der Waals surface area contributed by atoms with Crippen LogP contribution < -0.4 is 10.6 Å². The molecule has 7 heteroatoms. The molecule has 0 atom stereocenters. The normalized spacial score (nSPS) is 16.2. The van der Waals surface area contributed by atoms with Gasteiger partial charge in [-0.1, -0.05) is 18.2 Å². The first kappa shape index (κ1) is 18.4. The van der Waals surface area contributed by atoms with E-state index in [1.807, 2.05) is 36.5 Å². The van der Waals surface area contributed by atoms with Gasteiger partial charge >= 0.3 is 0 Å². The lowest BCUT2D eigenvalue weighted by Gasteiger charge is -2.34. The Hall–Kier alpha value is -1.89. The zero-order valence-corrected chi connectivity index (χ0v) is 14.5. The van der Waals surface area contributed by atoms with Crippen LogP contribution in [0, 0.1) is 0 Å². The van der Waals surface area contributed by atoms with Crippen LogP contribution in [0.5, 0.6) is 0 Å². The van der Waals surface area contributed by atoms with Crippen LogP contribution in [0.1, 0.15) is 18.4 Å². The van der Waals surface area contributed by atoms with E-state index in [1.54, 1.807) is 18.0 Å². The Morgan fingerprint density at radius 2 is 2.04 bits per heavy atom. The number of nitrogens with one attached hydrogen (secondary N) is 2. The highest BCUT2D eigenvalue weighted by atomic mass is 35.5. The van der Waals surface area contributed by atoms with Crippen LogP contribution in [0.15, 0.2) is 42.7 Å². The molecule has 1 aromatic carbocycles. The van der Waals surface area contributed by atoms with Gasteiger partial charge in [-0.05, 0) is 38.1 Å². The summed E-state index contributed by atoms with van der Waals surface area (Å²) in [6.45, 7) is 2.05. The van der Waals surface area contributed by atoms with Crippen molar-refractivity contribution >= 4 is 18.3 Å². The standard InChI is InChI=1S/C17H22N4O2.ClH/c1-23-17(7-9-18-10-8-17)16(22)19-11-14-12-20-21(13-14)15-5-3-2-4-6-15;/h2-6,12-13,18H,7-11H2,1H3,(H,19,22);1H. The second-order valence-corrected chi connectivity index (χ2v) is 5.76. The lowest BCUT2D eigenvalue weighted by atomic mass is 9.91. The fourth-order valence-electron chi connectivity index (χ4n) is 2.87. The molecule has 0 radical (unpaired) electrons. The first-order chi connectivity index (χ1) is 11.2. The van der Waals surface area contributed by atoms with Gasteiger partial charge < -0.3 is 15.4 Å². The Kier molecular flexibility index (Phi) is 6.36. The number of ether oxygens (including phenoxy) is 1. The van der Waals surface area contributed by atoms with Crippen molar-refractivity contribution in [3.63, 3.8) is 0 Å². The van der Waals surface area contributed by atoms with E-state index in [-0.39, 0.29) is 18.3 Å². The molecule has 1 fully saturated rings. The number of para-hydroxylation sites is 1. The number of benzene rings is 1. The number of hydrogen-bond acceptors (Lipinski definition) is 4. The third kappa shape index (κ3) is 3.95. The average Bonchev–Trinajstić information content (AvgIpc) is 3.10. The average molecular weight is 351 g/mol. The summed E-state index contributed by atoms with van der Waals surface area (Å²) in [5, 5.41) is 10.6. The summed E-state index contributed by atoms with van der Waals surface area (Å²) in [5.74, 6) is -0.0473. The lowest BCUT2D eigenvalue weighted by molar-refractivity contribution is -0.146. The van der Waals surface area contributed by atoms with E-state index >= 15 is 0 Å². The van der Waals surface area contributed by atoms with Gasteiger partial charge in [0.15, 0.2) is 0 Å². The molecular weight excluding hydrogens is 328 g/mol. The van der Waals surface area contributed by atoms with E-state index < -0.39 is 5.60 Å². The Morgan fingerprint density at radius 3 is 2.71 bits per heavy atom. The highest BCUT2D eigenvalue weighted by Gasteiger charge is 2.39. The third-order valence-corrected chi connectivity index (χ3v) is 4.33. The second-order valence-electron chi connectivity index (χ2n) is 5.76. The van der Waals surface area contributed by atoms with Crippen molar-refractivity contribution in [1.29, 1.82) is 0 Å². The maximum atomic E-state index is 12.5. The molecule has 2 heterocycles. The molecule has 3 rings (SSSR count). The van der Waals surface area contributed by atoms with Gasteiger partial charge in [0, 0.05) is 25.4 Å². The number of methoxy groups -OCH3 is 1. The van der Waals surface area contributed by atoms with Crippen molar-refractivity contribution in [2.45, 2.75) is 25.0 Å². The van der Waals surface area contributed by atoms with Gasteiger partial charge in [0.25, 0.3) is 5.91 Å². The smallest absolute Gasteiger partial charge is 0.252 e. The fraction of sp³-hybridized carbons (Fsp3) is 0.412. The van der Waals surface area contributed by atoms with Gasteiger partial charge in [0.1, 0.15) is 5.60 Å². The molecule has 0 spiro atoms. The Morgan fingerprint density at radius 1 is 1.33 bits per heavy atom. The van der Waals surface area contributed by atoms with Gasteiger partial charge in [0.2, 0.25) is 0 Å². The summed E-state index contributed by atoms with van der Waals surface area (Å²) in [5.41, 5.74) is 1.25. The number of hydrogen-bond donors (Lipinski definition) is 2. The minimum absolute atomic E-state index is 0. The molecule has 1 aromatic heterocycles. The molecule has 24 heavy (non-hydrogen) atoms. The molecule has 6 nitrogen and oxygen atoms in total. The van der Waals surface area contributed by atoms with Crippen LogP contribution in [-0.4, -0.2) is 41.5 Å². The van der Waals surface area contributed by atoms with Crippen LogP contribution >= 0.6 is 12.4 Å². The zero-order valence-electron chi connectivity index (χ0n) is 13.7. The Balaban J connectivity index is 0.00000208. The van der Waals surface area contributed by atoms with Crippen LogP contribution in [0.4, 0.5) is 0 Å². The molecule has 1 saturated heterocycles. The summed E-state index contributed by atoms with van der Waals surface area (Å²) in [6.07, 6.45) is 5.09. The van der Waals surface area contributed by atoms with Gasteiger partial charge in [-0.2, -0.15) is 5.10 Å². The minimum atomic E-state index is -0.708. The topological polar surface area (TPSA) is 68.2 Å². The van der Waals surface area contributed by atoms with Crippen molar-refractivity contribution in [2.24, 2.45) is 0 Å². The van der Waals surface area contributed by atoms with Crippen LogP contribution in [-0.2, 0) is 16.1 Å². The van der Waals surface area contributed by atoms with Crippen molar-refractivity contribution in [3.05, 3.63) is 48.3 Å². The zero-order chi connectivity index (χ0) is 16.1. The number of halogens is 1. The molecular formula is C17H23ClN4O2. The predicted molar refractivity (Wildman–Crippen MR) is 94.5 cm³/mol.